The second kappa shape index (κ2) is 6.63. The molecule has 0 aromatic heterocycles. The molecule has 2 aromatic rings. The van der Waals surface area contributed by atoms with Crippen LogP contribution in [0.25, 0.3) is 12.2 Å². The zero-order valence-corrected chi connectivity index (χ0v) is 10.5. The maximum absolute atomic E-state index is 8.54. The van der Waals surface area contributed by atoms with Crippen molar-refractivity contribution >= 4 is 12.2 Å². The molecule has 2 aromatic carbocycles. The first-order valence-electron chi connectivity index (χ1n) is 5.82. The van der Waals surface area contributed by atoms with Crippen LogP contribution in [0.2, 0.25) is 0 Å². The van der Waals surface area contributed by atoms with E-state index in [-0.39, 0.29) is 0 Å². The summed E-state index contributed by atoms with van der Waals surface area (Å²) in [4.78, 5) is 0. The Morgan fingerprint density at radius 1 is 0.750 bits per heavy atom. The molecule has 0 N–H and O–H groups in total. The van der Waals surface area contributed by atoms with Gasteiger partial charge in [0.25, 0.3) is 12.5 Å². The quantitative estimate of drug-likeness (QED) is 0.624. The van der Waals surface area contributed by atoms with Crippen molar-refractivity contribution in [1.82, 2.24) is 0 Å². The van der Waals surface area contributed by atoms with Crippen LogP contribution in [0.1, 0.15) is 11.1 Å². The average Bonchev–Trinajstić information content (AvgIpc) is 2.47. The lowest BCUT2D eigenvalue weighted by molar-refractivity contribution is 0.483. The van der Waals surface area contributed by atoms with Crippen LogP contribution in [0.4, 0.5) is 0 Å². The van der Waals surface area contributed by atoms with E-state index in [1.54, 1.807) is 24.6 Å². The second-order valence-corrected chi connectivity index (χ2v) is 3.87. The summed E-state index contributed by atoms with van der Waals surface area (Å²) in [6.07, 6.45) is 6.95. The number of ether oxygens (including phenoxy) is 2. The molecule has 0 saturated carbocycles. The highest BCUT2D eigenvalue weighted by atomic mass is 16.5. The molecule has 0 radical (unpaired) electrons. The molecular weight excluding hydrogens is 252 g/mol. The van der Waals surface area contributed by atoms with Gasteiger partial charge in [-0.25, -0.2) is 0 Å². The van der Waals surface area contributed by atoms with Crippen molar-refractivity contribution in [2.24, 2.45) is 0 Å². The van der Waals surface area contributed by atoms with Crippen LogP contribution in [0, 0.1) is 23.0 Å². The SMILES string of the molecule is N#COc1cc(/C=C/c2ccccc2)cc(OC#N)c1. The predicted molar refractivity (Wildman–Crippen MR) is 74.3 cm³/mol. The third kappa shape index (κ3) is 3.63. The maximum atomic E-state index is 8.54. The molecule has 0 amide bonds. The van der Waals surface area contributed by atoms with Crippen LogP contribution < -0.4 is 9.47 Å². The topological polar surface area (TPSA) is 66.0 Å². The van der Waals surface area contributed by atoms with Gasteiger partial charge in [-0.3, -0.25) is 0 Å². The van der Waals surface area contributed by atoms with Crippen molar-refractivity contribution in [2.45, 2.75) is 0 Å². The van der Waals surface area contributed by atoms with Crippen molar-refractivity contribution in [3.8, 4) is 24.0 Å². The van der Waals surface area contributed by atoms with Gasteiger partial charge in [0.15, 0.2) is 0 Å². The Morgan fingerprint density at radius 2 is 1.30 bits per heavy atom. The van der Waals surface area contributed by atoms with Gasteiger partial charge >= 0.3 is 0 Å². The van der Waals surface area contributed by atoms with Crippen molar-refractivity contribution < 1.29 is 9.47 Å². The van der Waals surface area contributed by atoms with Crippen molar-refractivity contribution in [1.29, 1.82) is 10.5 Å². The molecule has 0 unspecified atom stereocenters. The number of nitriles is 2. The van der Waals surface area contributed by atoms with E-state index in [1.807, 2.05) is 42.5 Å². The Morgan fingerprint density at radius 3 is 1.85 bits per heavy atom. The van der Waals surface area contributed by atoms with Gasteiger partial charge in [0.1, 0.15) is 11.5 Å². The van der Waals surface area contributed by atoms with Gasteiger partial charge in [-0.2, -0.15) is 0 Å². The lowest BCUT2D eigenvalue weighted by Gasteiger charge is -2.02. The molecule has 0 aliphatic carbocycles. The van der Waals surface area contributed by atoms with Crippen molar-refractivity contribution in [3.05, 3.63) is 59.7 Å². The molecule has 0 spiro atoms. The zero-order chi connectivity index (χ0) is 14.2. The first-order valence-corrected chi connectivity index (χ1v) is 5.82. The Balaban J connectivity index is 2.29. The van der Waals surface area contributed by atoms with E-state index in [1.165, 1.54) is 6.07 Å². The monoisotopic (exact) mass is 262 g/mol. The largest absolute Gasteiger partial charge is 0.388 e. The fourth-order valence-corrected chi connectivity index (χ4v) is 1.67. The van der Waals surface area contributed by atoms with Crippen LogP contribution in [0.5, 0.6) is 11.5 Å². The third-order valence-electron chi connectivity index (χ3n) is 2.50. The molecular formula is C16H10N2O2. The highest BCUT2D eigenvalue weighted by Gasteiger charge is 2.02. The molecule has 2 rings (SSSR count). The second-order valence-electron chi connectivity index (χ2n) is 3.87. The van der Waals surface area contributed by atoms with Crippen LogP contribution in [-0.4, -0.2) is 0 Å². The standard InChI is InChI=1S/C16H10N2O2/c17-11-19-15-8-14(9-16(10-15)20-12-18)7-6-13-4-2-1-3-5-13/h1-10H/b7-6+. The lowest BCUT2D eigenvalue weighted by atomic mass is 10.1. The summed E-state index contributed by atoms with van der Waals surface area (Å²) in [7, 11) is 0. The van der Waals surface area contributed by atoms with E-state index in [4.69, 9.17) is 20.0 Å². The van der Waals surface area contributed by atoms with Gasteiger partial charge in [0, 0.05) is 6.07 Å². The molecule has 0 atom stereocenters. The molecule has 0 aliphatic rings. The normalized spacial score (nSPS) is 9.70. The van der Waals surface area contributed by atoms with Gasteiger partial charge < -0.3 is 9.47 Å². The van der Waals surface area contributed by atoms with Crippen LogP contribution >= 0.6 is 0 Å². The minimum absolute atomic E-state index is 0.327. The third-order valence-corrected chi connectivity index (χ3v) is 2.50. The van der Waals surface area contributed by atoms with Gasteiger partial charge in [0.2, 0.25) is 0 Å². The Labute approximate surface area is 116 Å². The van der Waals surface area contributed by atoms with Gasteiger partial charge in [-0.05, 0) is 23.3 Å². The molecule has 96 valence electrons. The highest BCUT2D eigenvalue weighted by molar-refractivity contribution is 5.71. The van der Waals surface area contributed by atoms with Crippen LogP contribution in [0.3, 0.4) is 0 Å². The van der Waals surface area contributed by atoms with E-state index in [0.717, 1.165) is 11.1 Å². The van der Waals surface area contributed by atoms with Gasteiger partial charge in [-0.15, -0.1) is 10.5 Å². The van der Waals surface area contributed by atoms with E-state index in [0.29, 0.717) is 11.5 Å². The number of benzene rings is 2. The summed E-state index contributed by atoms with van der Waals surface area (Å²) < 4.78 is 9.54. The molecule has 4 nitrogen and oxygen atoms in total. The van der Waals surface area contributed by atoms with Crippen LogP contribution in [0.15, 0.2) is 48.5 Å². The minimum Gasteiger partial charge on any atom is -0.388 e. The highest BCUT2D eigenvalue weighted by Crippen LogP contribution is 2.24. The Bertz CT molecular complexity index is 660. The van der Waals surface area contributed by atoms with Gasteiger partial charge in [-0.1, -0.05) is 42.5 Å². The van der Waals surface area contributed by atoms with E-state index in [2.05, 4.69) is 0 Å². The van der Waals surface area contributed by atoms with E-state index < -0.39 is 0 Å². The van der Waals surface area contributed by atoms with Crippen molar-refractivity contribution in [2.75, 3.05) is 0 Å². The molecule has 0 fully saturated rings. The summed E-state index contributed by atoms with van der Waals surface area (Å²) in [5.41, 5.74) is 1.81. The first-order chi connectivity index (χ1) is 9.81. The van der Waals surface area contributed by atoms with E-state index in [9.17, 15) is 0 Å². The molecule has 0 bridgehead atoms. The summed E-state index contributed by atoms with van der Waals surface area (Å²) in [6.45, 7) is 0. The van der Waals surface area contributed by atoms with Gasteiger partial charge in [0.05, 0.1) is 0 Å². The zero-order valence-electron chi connectivity index (χ0n) is 10.5. The van der Waals surface area contributed by atoms with E-state index >= 15 is 0 Å². The number of hydrogen-bond acceptors (Lipinski definition) is 4. The summed E-state index contributed by atoms with van der Waals surface area (Å²) in [6, 6.07) is 14.6. The average molecular weight is 262 g/mol. The molecule has 0 aliphatic heterocycles. The number of rotatable bonds is 4. The molecule has 4 heteroatoms. The Kier molecular flexibility index (Phi) is 4.37. The number of hydrogen-bond donors (Lipinski definition) is 0. The summed E-state index contributed by atoms with van der Waals surface area (Å²) in [5, 5.41) is 17.1. The fourth-order valence-electron chi connectivity index (χ4n) is 1.67. The maximum Gasteiger partial charge on any atom is 0.292 e. The summed E-state index contributed by atoms with van der Waals surface area (Å²) in [5.74, 6) is 0.654. The Hall–Kier alpha value is -3.24. The van der Waals surface area contributed by atoms with Crippen LogP contribution in [-0.2, 0) is 0 Å². The fraction of sp³-hybridized carbons (Fsp3) is 0. The number of nitrogens with zero attached hydrogens (tertiary/aromatic N) is 2. The molecule has 0 saturated heterocycles. The van der Waals surface area contributed by atoms with Crippen molar-refractivity contribution in [3.63, 3.8) is 0 Å². The smallest absolute Gasteiger partial charge is 0.292 e. The lowest BCUT2D eigenvalue weighted by Crippen LogP contribution is -1.87. The summed E-state index contributed by atoms with van der Waals surface area (Å²) >= 11 is 0. The minimum atomic E-state index is 0.327. The predicted octanol–water partition coefficient (Wildman–Crippen LogP) is 3.58. The molecule has 20 heavy (non-hydrogen) atoms. The molecule has 0 heterocycles. The first kappa shape index (κ1) is 13.2.